The van der Waals surface area contributed by atoms with Crippen molar-refractivity contribution >= 4 is 23.7 Å². The van der Waals surface area contributed by atoms with E-state index in [2.05, 4.69) is 16.0 Å². The molecule has 3 N–H and O–H groups in total. The summed E-state index contributed by atoms with van der Waals surface area (Å²) in [6, 6.07) is -2.44. The number of likely N-dealkylation sites (tertiary alicyclic amines) is 1. The van der Waals surface area contributed by atoms with Crippen LogP contribution in [0.4, 0.5) is 0 Å². The Bertz CT molecular complexity index is 587. The predicted molar refractivity (Wildman–Crippen MR) is 99.6 cm³/mol. The first kappa shape index (κ1) is 22.9. The molecule has 1 aliphatic heterocycles. The summed E-state index contributed by atoms with van der Waals surface area (Å²) in [7, 11) is 2.91. The minimum absolute atomic E-state index is 0.183. The summed E-state index contributed by atoms with van der Waals surface area (Å²) in [5.41, 5.74) is -0.576. The summed E-state index contributed by atoms with van der Waals surface area (Å²) in [4.78, 5) is 50.6. The van der Waals surface area contributed by atoms with Gasteiger partial charge in [0.05, 0.1) is 13.2 Å². The number of nitrogens with one attached hydrogen (secondary N) is 3. The van der Waals surface area contributed by atoms with Crippen molar-refractivity contribution in [1.29, 1.82) is 0 Å². The van der Waals surface area contributed by atoms with E-state index in [1.54, 1.807) is 14.0 Å². The number of carbonyl (C=O) groups is 4. The smallest absolute Gasteiger partial charge is 0.328 e. The fraction of sp³-hybridized carbons (Fsp3) is 0.778. The highest BCUT2D eigenvalue weighted by Gasteiger charge is 2.45. The molecule has 1 fully saturated rings. The van der Waals surface area contributed by atoms with Crippen LogP contribution in [0.2, 0.25) is 0 Å². The van der Waals surface area contributed by atoms with Crippen molar-refractivity contribution in [3.05, 3.63) is 0 Å². The third-order valence-corrected chi connectivity index (χ3v) is 4.69. The normalized spacial score (nSPS) is 22.0. The van der Waals surface area contributed by atoms with Crippen molar-refractivity contribution in [1.82, 2.24) is 20.9 Å². The Balaban J connectivity index is 3.10. The zero-order chi connectivity index (χ0) is 20.9. The van der Waals surface area contributed by atoms with Crippen LogP contribution in [0.1, 0.15) is 41.0 Å². The van der Waals surface area contributed by atoms with E-state index in [0.29, 0.717) is 0 Å². The average Bonchev–Trinajstić information content (AvgIpc) is 2.99. The lowest BCUT2D eigenvalue weighted by Gasteiger charge is -2.35. The van der Waals surface area contributed by atoms with E-state index in [1.807, 2.05) is 20.8 Å². The fourth-order valence-electron chi connectivity index (χ4n) is 3.04. The summed E-state index contributed by atoms with van der Waals surface area (Å²) in [5.74, 6) is -1.46. The number of ether oxygens (including phenoxy) is 1. The molecule has 1 heterocycles. The van der Waals surface area contributed by atoms with Crippen LogP contribution in [0.5, 0.6) is 0 Å². The van der Waals surface area contributed by atoms with E-state index < -0.39 is 29.5 Å². The lowest BCUT2D eigenvalue weighted by atomic mass is 9.85. The van der Waals surface area contributed by atoms with Crippen LogP contribution < -0.4 is 16.0 Å². The van der Waals surface area contributed by atoms with Gasteiger partial charge in [-0.15, -0.1) is 0 Å². The molecule has 0 aromatic rings. The molecule has 0 aromatic carbocycles. The molecule has 0 spiro atoms. The highest BCUT2D eigenvalue weighted by atomic mass is 16.5. The molecule has 0 aromatic heterocycles. The van der Waals surface area contributed by atoms with E-state index in [1.165, 1.54) is 18.9 Å². The van der Waals surface area contributed by atoms with Crippen LogP contribution in [0.3, 0.4) is 0 Å². The van der Waals surface area contributed by atoms with E-state index in [9.17, 15) is 19.2 Å². The van der Waals surface area contributed by atoms with Crippen LogP contribution >= 0.6 is 0 Å². The lowest BCUT2D eigenvalue weighted by molar-refractivity contribution is -0.153. The van der Waals surface area contributed by atoms with E-state index in [4.69, 9.17) is 4.74 Å². The van der Waals surface area contributed by atoms with Crippen LogP contribution in [0.25, 0.3) is 0 Å². The second-order valence-corrected chi connectivity index (χ2v) is 7.98. The third-order valence-electron chi connectivity index (χ3n) is 4.69. The van der Waals surface area contributed by atoms with Gasteiger partial charge in [-0.25, -0.2) is 4.79 Å². The van der Waals surface area contributed by atoms with Gasteiger partial charge in [0.2, 0.25) is 17.7 Å². The molecule has 154 valence electrons. The maximum Gasteiger partial charge on any atom is 0.328 e. The number of amides is 3. The first-order valence-corrected chi connectivity index (χ1v) is 9.05. The molecule has 1 saturated heterocycles. The third kappa shape index (κ3) is 5.92. The van der Waals surface area contributed by atoms with Gasteiger partial charge in [0.15, 0.2) is 0 Å². The van der Waals surface area contributed by atoms with Gasteiger partial charge in [-0.1, -0.05) is 20.8 Å². The van der Waals surface area contributed by atoms with Gasteiger partial charge >= 0.3 is 5.97 Å². The number of methoxy groups -OCH3 is 1. The molecule has 9 nitrogen and oxygen atoms in total. The first-order chi connectivity index (χ1) is 12.4. The highest BCUT2D eigenvalue weighted by Crippen LogP contribution is 2.26. The van der Waals surface area contributed by atoms with Gasteiger partial charge < -0.3 is 25.6 Å². The number of rotatable bonds is 6. The molecule has 1 aliphatic rings. The molecular weight excluding hydrogens is 352 g/mol. The molecule has 0 saturated carbocycles. The van der Waals surface area contributed by atoms with E-state index >= 15 is 0 Å². The van der Waals surface area contributed by atoms with Crippen molar-refractivity contribution in [2.45, 2.75) is 65.2 Å². The van der Waals surface area contributed by atoms with E-state index in [0.717, 1.165) is 0 Å². The Morgan fingerprint density at radius 1 is 1.19 bits per heavy atom. The zero-order valence-corrected chi connectivity index (χ0v) is 17.2. The van der Waals surface area contributed by atoms with Gasteiger partial charge in [0.25, 0.3) is 0 Å². The molecule has 0 radical (unpaired) electrons. The largest absolute Gasteiger partial charge is 0.467 e. The standard InChI is InChI=1S/C18H32N4O5/c1-10(19-6)15(24)21-14(18(3,4)5)16(25)22-9-12(20-11(2)23)8-13(22)17(26)27-7/h10,12-14,19H,8-9H2,1-7H3,(H,20,23)(H,21,24)/t10-,12-,13-,14+/m0/s1. The summed E-state index contributed by atoms with van der Waals surface area (Å²) in [5, 5.41) is 8.36. The molecule has 1 rings (SSSR count). The minimum atomic E-state index is -0.830. The molecule has 3 amide bonds. The maximum atomic E-state index is 13.3. The highest BCUT2D eigenvalue weighted by molar-refractivity contribution is 5.93. The van der Waals surface area contributed by atoms with Crippen molar-refractivity contribution in [3.63, 3.8) is 0 Å². The molecule has 27 heavy (non-hydrogen) atoms. The molecule has 4 atom stereocenters. The van der Waals surface area contributed by atoms with Crippen molar-refractivity contribution in [2.24, 2.45) is 5.41 Å². The van der Waals surface area contributed by atoms with Crippen molar-refractivity contribution in [2.75, 3.05) is 20.7 Å². The average molecular weight is 384 g/mol. The topological polar surface area (TPSA) is 117 Å². The second kappa shape index (κ2) is 9.16. The maximum absolute atomic E-state index is 13.3. The quantitative estimate of drug-likeness (QED) is 0.527. The Morgan fingerprint density at radius 2 is 1.78 bits per heavy atom. The number of likely N-dealkylation sites (N-methyl/N-ethyl adjacent to an activating group) is 1. The van der Waals surface area contributed by atoms with Gasteiger partial charge in [-0.3, -0.25) is 14.4 Å². The Kier molecular flexibility index (Phi) is 7.77. The summed E-state index contributed by atoms with van der Waals surface area (Å²) < 4.78 is 4.83. The molecule has 0 aliphatic carbocycles. The van der Waals surface area contributed by atoms with Crippen LogP contribution in [-0.2, 0) is 23.9 Å². The Labute approximate surface area is 160 Å². The number of carbonyl (C=O) groups excluding carboxylic acids is 4. The van der Waals surface area contributed by atoms with E-state index in [-0.39, 0.29) is 36.7 Å². The van der Waals surface area contributed by atoms with Crippen molar-refractivity contribution < 1.29 is 23.9 Å². The monoisotopic (exact) mass is 384 g/mol. The summed E-state index contributed by atoms with van der Waals surface area (Å²) in [6.45, 7) is 8.79. The van der Waals surface area contributed by atoms with Gasteiger partial charge in [-0.05, 0) is 19.4 Å². The summed E-state index contributed by atoms with van der Waals surface area (Å²) in [6.07, 6.45) is 0.274. The number of esters is 1. The van der Waals surface area contributed by atoms with Crippen LogP contribution in [0.15, 0.2) is 0 Å². The summed E-state index contributed by atoms with van der Waals surface area (Å²) >= 11 is 0. The Morgan fingerprint density at radius 3 is 2.22 bits per heavy atom. The molecule has 0 bridgehead atoms. The molecule has 0 unspecified atom stereocenters. The zero-order valence-electron chi connectivity index (χ0n) is 17.2. The number of nitrogens with zero attached hydrogens (tertiary/aromatic N) is 1. The molecule has 9 heteroatoms. The number of hydrogen-bond acceptors (Lipinski definition) is 6. The van der Waals surface area contributed by atoms with Gasteiger partial charge in [0.1, 0.15) is 12.1 Å². The minimum Gasteiger partial charge on any atom is -0.467 e. The van der Waals surface area contributed by atoms with Gasteiger partial charge in [0, 0.05) is 25.9 Å². The predicted octanol–water partition coefficient (Wildman–Crippen LogP) is -0.596. The van der Waals surface area contributed by atoms with Crippen LogP contribution in [-0.4, -0.2) is 73.5 Å². The number of hydrogen-bond donors (Lipinski definition) is 3. The lowest BCUT2D eigenvalue weighted by Crippen LogP contribution is -2.59. The van der Waals surface area contributed by atoms with Gasteiger partial charge in [-0.2, -0.15) is 0 Å². The van der Waals surface area contributed by atoms with Crippen molar-refractivity contribution in [3.8, 4) is 0 Å². The fourth-order valence-corrected chi connectivity index (χ4v) is 3.04. The first-order valence-electron chi connectivity index (χ1n) is 9.05. The SMILES string of the molecule is CN[C@@H](C)C(=O)N[C@H](C(=O)N1C[C@@H](NC(C)=O)C[C@H]1C(=O)OC)C(C)(C)C. The Hall–Kier alpha value is -2.16. The van der Waals surface area contributed by atoms with Crippen LogP contribution in [0, 0.1) is 5.41 Å². The molecular formula is C18H32N4O5. The second-order valence-electron chi connectivity index (χ2n) is 7.98.